The van der Waals surface area contributed by atoms with Crippen molar-refractivity contribution in [2.75, 3.05) is 13.1 Å². The van der Waals surface area contributed by atoms with Gasteiger partial charge in [-0.3, -0.25) is 0 Å². The van der Waals surface area contributed by atoms with Crippen molar-refractivity contribution in [3.05, 3.63) is 0 Å². The van der Waals surface area contributed by atoms with Crippen LogP contribution in [0.2, 0.25) is 0 Å². The molecule has 0 radical (unpaired) electrons. The van der Waals surface area contributed by atoms with Crippen LogP contribution in [0.5, 0.6) is 0 Å². The van der Waals surface area contributed by atoms with Crippen LogP contribution in [0.15, 0.2) is 0 Å². The maximum atomic E-state index is 11.3. The molecule has 1 aliphatic carbocycles. The van der Waals surface area contributed by atoms with Gasteiger partial charge in [-0.1, -0.05) is 26.2 Å². The smallest absolute Gasteiger partial charge is 0.276 e. The average molecular weight is 236 g/mol. The van der Waals surface area contributed by atoms with Crippen LogP contribution in [-0.4, -0.2) is 32.2 Å². The second-order valence-corrected chi connectivity index (χ2v) is 5.69. The van der Waals surface area contributed by atoms with Crippen LogP contribution in [0.4, 0.5) is 0 Å². The normalized spacial score (nSPS) is 21.5. The van der Waals surface area contributed by atoms with Crippen molar-refractivity contribution in [2.45, 2.75) is 44.6 Å². The number of hydrogen-bond acceptors (Lipinski definition) is 3. The summed E-state index contributed by atoms with van der Waals surface area (Å²) in [4.78, 5) is 0. The molecule has 6 heteroatoms. The van der Waals surface area contributed by atoms with Gasteiger partial charge in [-0.05, 0) is 12.8 Å². The van der Waals surface area contributed by atoms with Gasteiger partial charge in [-0.2, -0.15) is 13.1 Å². The van der Waals surface area contributed by atoms with Crippen LogP contribution in [0.25, 0.3) is 0 Å². The molecule has 15 heavy (non-hydrogen) atoms. The first kappa shape index (κ1) is 12.9. The van der Waals surface area contributed by atoms with E-state index in [0.29, 0.717) is 19.4 Å². The zero-order valence-corrected chi connectivity index (χ0v) is 9.94. The first-order valence-corrected chi connectivity index (χ1v) is 6.92. The second-order valence-electron chi connectivity index (χ2n) is 4.11. The minimum Gasteiger partial charge on any atom is -0.389 e. The van der Waals surface area contributed by atoms with Gasteiger partial charge in [0.25, 0.3) is 10.2 Å². The lowest BCUT2D eigenvalue weighted by atomic mass is 9.85. The Morgan fingerprint density at radius 1 is 1.20 bits per heavy atom. The Morgan fingerprint density at radius 3 is 2.33 bits per heavy atom. The molecule has 1 fully saturated rings. The third-order valence-corrected chi connectivity index (χ3v) is 3.90. The van der Waals surface area contributed by atoms with Gasteiger partial charge in [0.1, 0.15) is 0 Å². The molecular weight excluding hydrogens is 216 g/mol. The summed E-state index contributed by atoms with van der Waals surface area (Å²) in [7, 11) is -3.43. The molecule has 90 valence electrons. The Hall–Kier alpha value is -0.170. The lowest BCUT2D eigenvalue weighted by molar-refractivity contribution is 0.00939. The summed E-state index contributed by atoms with van der Waals surface area (Å²) in [6, 6.07) is 0. The van der Waals surface area contributed by atoms with Crippen LogP contribution in [-0.2, 0) is 10.2 Å². The minimum atomic E-state index is -3.43. The van der Waals surface area contributed by atoms with Gasteiger partial charge in [-0.15, -0.1) is 0 Å². The fourth-order valence-electron chi connectivity index (χ4n) is 1.86. The van der Waals surface area contributed by atoms with Crippen LogP contribution in [0.3, 0.4) is 0 Å². The fourth-order valence-corrected chi connectivity index (χ4v) is 2.80. The molecule has 5 nitrogen and oxygen atoms in total. The molecule has 0 bridgehead atoms. The van der Waals surface area contributed by atoms with Crippen LogP contribution in [0.1, 0.15) is 39.0 Å². The highest BCUT2D eigenvalue weighted by Crippen LogP contribution is 2.27. The highest BCUT2D eigenvalue weighted by atomic mass is 32.2. The Bertz CT molecular complexity index is 284. The van der Waals surface area contributed by atoms with Crippen molar-refractivity contribution in [1.29, 1.82) is 0 Å². The predicted molar refractivity (Wildman–Crippen MR) is 58.6 cm³/mol. The monoisotopic (exact) mass is 236 g/mol. The zero-order valence-electron chi connectivity index (χ0n) is 9.12. The van der Waals surface area contributed by atoms with E-state index in [2.05, 4.69) is 9.44 Å². The maximum absolute atomic E-state index is 11.3. The topological polar surface area (TPSA) is 78.4 Å². The van der Waals surface area contributed by atoms with E-state index in [4.69, 9.17) is 0 Å². The fraction of sp³-hybridized carbons (Fsp3) is 1.00. The van der Waals surface area contributed by atoms with Crippen molar-refractivity contribution >= 4 is 10.2 Å². The molecule has 0 saturated heterocycles. The average Bonchev–Trinajstić information content (AvgIpc) is 2.17. The molecule has 0 amide bonds. The van der Waals surface area contributed by atoms with E-state index in [1.165, 1.54) is 0 Å². The van der Waals surface area contributed by atoms with Gasteiger partial charge in [0.05, 0.1) is 5.60 Å². The second kappa shape index (κ2) is 5.25. The minimum absolute atomic E-state index is 0.113. The Kier molecular flexibility index (Phi) is 4.51. The Balaban J connectivity index is 2.41. The number of hydrogen-bond donors (Lipinski definition) is 3. The molecule has 0 aromatic heterocycles. The van der Waals surface area contributed by atoms with Gasteiger partial charge in [0.15, 0.2) is 0 Å². The first-order valence-electron chi connectivity index (χ1n) is 5.44. The predicted octanol–water partition coefficient (Wildman–Crippen LogP) is 0.125. The third-order valence-electron chi connectivity index (χ3n) is 2.71. The summed E-state index contributed by atoms with van der Waals surface area (Å²) < 4.78 is 27.3. The summed E-state index contributed by atoms with van der Waals surface area (Å²) in [5, 5.41) is 10.0. The van der Waals surface area contributed by atoms with Gasteiger partial charge in [-0.25, -0.2) is 4.72 Å². The van der Waals surface area contributed by atoms with E-state index in [0.717, 1.165) is 19.3 Å². The van der Waals surface area contributed by atoms with Gasteiger partial charge in [0, 0.05) is 13.1 Å². The Labute approximate surface area is 91.4 Å². The zero-order chi connectivity index (χ0) is 11.4. The molecule has 0 atom stereocenters. The highest BCUT2D eigenvalue weighted by Gasteiger charge is 2.30. The maximum Gasteiger partial charge on any atom is 0.276 e. The third kappa shape index (κ3) is 4.46. The molecule has 0 aliphatic heterocycles. The summed E-state index contributed by atoms with van der Waals surface area (Å²) in [5.74, 6) is 0. The van der Waals surface area contributed by atoms with E-state index in [1.54, 1.807) is 6.92 Å². The van der Waals surface area contributed by atoms with Crippen molar-refractivity contribution in [1.82, 2.24) is 9.44 Å². The molecule has 0 aromatic rings. The van der Waals surface area contributed by atoms with Crippen LogP contribution >= 0.6 is 0 Å². The lowest BCUT2D eigenvalue weighted by Gasteiger charge is -2.31. The van der Waals surface area contributed by atoms with Gasteiger partial charge < -0.3 is 5.11 Å². The molecule has 3 N–H and O–H groups in total. The summed E-state index contributed by atoms with van der Waals surface area (Å²) in [5.41, 5.74) is -0.846. The van der Waals surface area contributed by atoms with Crippen molar-refractivity contribution < 1.29 is 13.5 Å². The van der Waals surface area contributed by atoms with Crippen molar-refractivity contribution in [2.24, 2.45) is 0 Å². The molecule has 0 spiro atoms. The largest absolute Gasteiger partial charge is 0.389 e. The molecule has 1 rings (SSSR count). The first-order chi connectivity index (χ1) is 6.97. The molecule has 0 aromatic carbocycles. The van der Waals surface area contributed by atoms with E-state index >= 15 is 0 Å². The van der Waals surface area contributed by atoms with Crippen molar-refractivity contribution in [3.63, 3.8) is 0 Å². The van der Waals surface area contributed by atoms with E-state index in [9.17, 15) is 13.5 Å². The highest BCUT2D eigenvalue weighted by molar-refractivity contribution is 7.87. The van der Waals surface area contributed by atoms with Gasteiger partial charge >= 0.3 is 0 Å². The number of rotatable bonds is 5. The quantitative estimate of drug-likeness (QED) is 0.634. The molecular formula is C9H20N2O3S. The van der Waals surface area contributed by atoms with Crippen molar-refractivity contribution in [3.8, 4) is 0 Å². The van der Waals surface area contributed by atoms with Crippen LogP contribution in [0, 0.1) is 0 Å². The van der Waals surface area contributed by atoms with E-state index < -0.39 is 15.8 Å². The van der Waals surface area contributed by atoms with E-state index in [-0.39, 0.29) is 6.54 Å². The Morgan fingerprint density at radius 2 is 1.80 bits per heavy atom. The number of nitrogens with one attached hydrogen (secondary N) is 2. The molecule has 1 aliphatic rings. The summed E-state index contributed by atoms with van der Waals surface area (Å²) in [6.45, 7) is 2.19. The number of aliphatic hydroxyl groups is 1. The van der Waals surface area contributed by atoms with E-state index in [1.807, 2.05) is 0 Å². The molecule has 0 heterocycles. The van der Waals surface area contributed by atoms with Gasteiger partial charge in [0.2, 0.25) is 0 Å². The summed E-state index contributed by atoms with van der Waals surface area (Å²) >= 11 is 0. The standard InChI is InChI=1S/C9H20N2O3S/c1-2-10-15(13,14)11-8-9(12)6-4-3-5-7-9/h10-12H,2-8H2,1H3. The molecule has 1 saturated carbocycles. The van der Waals surface area contributed by atoms with Crippen LogP contribution < -0.4 is 9.44 Å². The SMILES string of the molecule is CCNS(=O)(=O)NCC1(O)CCCCC1. The summed E-state index contributed by atoms with van der Waals surface area (Å²) in [6.07, 6.45) is 4.43. The lowest BCUT2D eigenvalue weighted by Crippen LogP contribution is -2.47. The molecule has 0 unspecified atom stereocenters.